The Morgan fingerprint density at radius 2 is 1.82 bits per heavy atom. The van der Waals surface area contributed by atoms with E-state index in [0.29, 0.717) is 12.2 Å². The minimum Gasteiger partial charge on any atom is -0.455 e. The Morgan fingerprint density at radius 1 is 1.14 bits per heavy atom. The first-order chi connectivity index (χ1) is 13.4. The smallest absolute Gasteiger partial charge is 0.311 e. The largest absolute Gasteiger partial charge is 0.455 e. The van der Waals surface area contributed by atoms with Crippen LogP contribution in [0.3, 0.4) is 0 Å². The summed E-state index contributed by atoms with van der Waals surface area (Å²) < 4.78 is 5.14. The van der Waals surface area contributed by atoms with E-state index in [9.17, 15) is 14.4 Å². The first-order valence-corrected chi connectivity index (χ1v) is 9.31. The molecule has 0 aliphatic carbocycles. The zero-order chi connectivity index (χ0) is 20.1. The molecule has 28 heavy (non-hydrogen) atoms. The van der Waals surface area contributed by atoms with Gasteiger partial charge >= 0.3 is 5.97 Å². The predicted molar refractivity (Wildman–Crippen MR) is 105 cm³/mol. The lowest BCUT2D eigenvalue weighted by Crippen LogP contribution is -2.30. The standard InChI is InChI=1S/C22H24N2O4/c1-15-8-10-19(11-9-15)23-20(25)14-28-22(27)18-12-21(26)24(13-18)16(2)17-6-4-3-5-7-17/h3-11,16,18H,12-14H2,1-2H3,(H,23,25)/t16-,18+/m0/s1. The SMILES string of the molecule is Cc1ccc(NC(=O)COC(=O)[C@@H]2CC(=O)N([C@@H](C)c3ccccc3)C2)cc1. The van der Waals surface area contributed by atoms with Crippen molar-refractivity contribution in [3.63, 3.8) is 0 Å². The average Bonchev–Trinajstić information content (AvgIpc) is 3.10. The summed E-state index contributed by atoms with van der Waals surface area (Å²) in [6.45, 7) is 3.83. The molecule has 146 valence electrons. The highest BCUT2D eigenvalue weighted by atomic mass is 16.5. The van der Waals surface area contributed by atoms with Crippen LogP contribution in [-0.4, -0.2) is 35.8 Å². The Labute approximate surface area is 164 Å². The molecule has 1 saturated heterocycles. The van der Waals surface area contributed by atoms with Gasteiger partial charge in [0.05, 0.1) is 12.0 Å². The second-order valence-corrected chi connectivity index (χ2v) is 7.06. The van der Waals surface area contributed by atoms with Gasteiger partial charge in [0.15, 0.2) is 6.61 Å². The minimum atomic E-state index is -0.550. The molecular weight excluding hydrogens is 356 g/mol. The van der Waals surface area contributed by atoms with Crippen LogP contribution in [0.25, 0.3) is 0 Å². The van der Waals surface area contributed by atoms with E-state index >= 15 is 0 Å². The van der Waals surface area contributed by atoms with Crippen LogP contribution in [0.5, 0.6) is 0 Å². The van der Waals surface area contributed by atoms with Gasteiger partial charge in [-0.15, -0.1) is 0 Å². The van der Waals surface area contributed by atoms with E-state index in [2.05, 4.69) is 5.32 Å². The van der Waals surface area contributed by atoms with E-state index < -0.39 is 17.8 Å². The third kappa shape index (κ3) is 4.76. The average molecular weight is 380 g/mol. The highest BCUT2D eigenvalue weighted by molar-refractivity contribution is 5.93. The number of amides is 2. The fourth-order valence-electron chi connectivity index (χ4n) is 3.26. The molecule has 3 rings (SSSR count). The quantitative estimate of drug-likeness (QED) is 0.782. The van der Waals surface area contributed by atoms with Crippen LogP contribution in [0.4, 0.5) is 5.69 Å². The molecule has 1 aliphatic heterocycles. The topological polar surface area (TPSA) is 75.7 Å². The summed E-state index contributed by atoms with van der Waals surface area (Å²) in [4.78, 5) is 38.3. The first-order valence-electron chi connectivity index (χ1n) is 9.31. The van der Waals surface area contributed by atoms with Gasteiger partial charge < -0.3 is 15.0 Å². The summed E-state index contributed by atoms with van der Waals surface area (Å²) in [5.74, 6) is -1.56. The van der Waals surface area contributed by atoms with Gasteiger partial charge in [0.1, 0.15) is 0 Å². The molecule has 0 unspecified atom stereocenters. The number of nitrogens with zero attached hydrogens (tertiary/aromatic N) is 1. The third-order valence-electron chi connectivity index (χ3n) is 4.92. The molecule has 0 radical (unpaired) electrons. The van der Waals surface area contributed by atoms with Gasteiger partial charge in [0.25, 0.3) is 5.91 Å². The molecule has 0 aromatic heterocycles. The summed E-state index contributed by atoms with van der Waals surface area (Å²) in [7, 11) is 0. The Morgan fingerprint density at radius 3 is 2.50 bits per heavy atom. The number of esters is 1. The normalized spacial score (nSPS) is 17.3. The second-order valence-electron chi connectivity index (χ2n) is 7.06. The Kier molecular flexibility index (Phi) is 6.09. The summed E-state index contributed by atoms with van der Waals surface area (Å²) in [5, 5.41) is 2.68. The molecule has 2 amide bonds. The third-order valence-corrected chi connectivity index (χ3v) is 4.92. The molecule has 0 saturated carbocycles. The van der Waals surface area contributed by atoms with Gasteiger partial charge in [-0.2, -0.15) is 0 Å². The van der Waals surface area contributed by atoms with Crippen molar-refractivity contribution in [1.29, 1.82) is 0 Å². The maximum absolute atomic E-state index is 12.3. The highest BCUT2D eigenvalue weighted by Crippen LogP contribution is 2.28. The number of hydrogen-bond donors (Lipinski definition) is 1. The van der Waals surface area contributed by atoms with Gasteiger partial charge in [-0.1, -0.05) is 48.0 Å². The zero-order valence-corrected chi connectivity index (χ0v) is 16.1. The Balaban J connectivity index is 1.50. The molecule has 6 heteroatoms. The number of hydrogen-bond acceptors (Lipinski definition) is 4. The van der Waals surface area contributed by atoms with Crippen LogP contribution in [0.15, 0.2) is 54.6 Å². The number of carbonyl (C=O) groups is 3. The number of likely N-dealkylation sites (tertiary alicyclic amines) is 1. The molecule has 2 aromatic carbocycles. The molecule has 1 fully saturated rings. The van der Waals surface area contributed by atoms with Crippen molar-refractivity contribution in [2.45, 2.75) is 26.3 Å². The minimum absolute atomic E-state index is 0.0811. The van der Waals surface area contributed by atoms with Crippen LogP contribution in [0, 0.1) is 12.8 Å². The molecule has 0 bridgehead atoms. The molecule has 1 aliphatic rings. The number of rotatable bonds is 6. The van der Waals surface area contributed by atoms with Crippen molar-refractivity contribution in [3.8, 4) is 0 Å². The molecule has 1 N–H and O–H groups in total. The number of carbonyl (C=O) groups excluding carboxylic acids is 3. The lowest BCUT2D eigenvalue weighted by molar-refractivity contribution is -0.151. The van der Waals surface area contributed by atoms with Crippen LogP contribution >= 0.6 is 0 Å². The van der Waals surface area contributed by atoms with Gasteiger partial charge in [-0.05, 0) is 31.5 Å². The Bertz CT molecular complexity index is 849. The van der Waals surface area contributed by atoms with Crippen molar-refractivity contribution in [2.75, 3.05) is 18.5 Å². The predicted octanol–water partition coefficient (Wildman–Crippen LogP) is 3.09. The second kappa shape index (κ2) is 8.69. The molecular formula is C22H24N2O4. The zero-order valence-electron chi connectivity index (χ0n) is 16.1. The van der Waals surface area contributed by atoms with Crippen LogP contribution in [-0.2, 0) is 19.1 Å². The summed E-state index contributed by atoms with van der Waals surface area (Å²) >= 11 is 0. The van der Waals surface area contributed by atoms with Crippen molar-refractivity contribution >= 4 is 23.5 Å². The molecule has 2 aromatic rings. The van der Waals surface area contributed by atoms with E-state index in [1.54, 1.807) is 17.0 Å². The first kappa shape index (κ1) is 19.6. The van der Waals surface area contributed by atoms with Crippen molar-refractivity contribution in [2.24, 2.45) is 5.92 Å². The van der Waals surface area contributed by atoms with Crippen molar-refractivity contribution in [3.05, 3.63) is 65.7 Å². The summed E-state index contributed by atoms with van der Waals surface area (Å²) in [5.41, 5.74) is 2.75. The van der Waals surface area contributed by atoms with E-state index in [4.69, 9.17) is 4.74 Å². The molecule has 1 heterocycles. The Hall–Kier alpha value is -3.15. The number of nitrogens with one attached hydrogen (secondary N) is 1. The maximum Gasteiger partial charge on any atom is 0.311 e. The number of benzene rings is 2. The van der Waals surface area contributed by atoms with Crippen molar-refractivity contribution in [1.82, 2.24) is 4.90 Å². The van der Waals surface area contributed by atoms with Crippen molar-refractivity contribution < 1.29 is 19.1 Å². The van der Waals surface area contributed by atoms with Gasteiger partial charge in [-0.3, -0.25) is 14.4 Å². The lowest BCUT2D eigenvalue weighted by atomic mass is 10.1. The summed E-state index contributed by atoms with van der Waals surface area (Å²) in [6.07, 6.45) is 0.107. The van der Waals surface area contributed by atoms with E-state index in [0.717, 1.165) is 11.1 Å². The maximum atomic E-state index is 12.3. The molecule has 0 spiro atoms. The van der Waals surface area contributed by atoms with Crippen LogP contribution in [0.1, 0.15) is 30.5 Å². The number of anilines is 1. The van der Waals surface area contributed by atoms with E-state index in [1.165, 1.54) is 0 Å². The molecule has 6 nitrogen and oxygen atoms in total. The fraction of sp³-hybridized carbons (Fsp3) is 0.318. The number of aryl methyl sites for hydroxylation is 1. The fourth-order valence-corrected chi connectivity index (χ4v) is 3.26. The lowest BCUT2D eigenvalue weighted by Gasteiger charge is -2.25. The highest BCUT2D eigenvalue weighted by Gasteiger charge is 2.38. The van der Waals surface area contributed by atoms with Crippen LogP contribution in [0.2, 0.25) is 0 Å². The number of ether oxygens (including phenoxy) is 1. The van der Waals surface area contributed by atoms with Gasteiger partial charge in [0.2, 0.25) is 5.91 Å². The van der Waals surface area contributed by atoms with E-state index in [-0.39, 0.29) is 25.0 Å². The molecule has 2 atom stereocenters. The summed E-state index contributed by atoms with van der Waals surface area (Å²) in [6, 6.07) is 16.9. The van der Waals surface area contributed by atoms with Gasteiger partial charge in [0, 0.05) is 18.7 Å². The van der Waals surface area contributed by atoms with Gasteiger partial charge in [-0.25, -0.2) is 0 Å². The monoisotopic (exact) mass is 380 g/mol. The van der Waals surface area contributed by atoms with Crippen LogP contribution < -0.4 is 5.32 Å². The van der Waals surface area contributed by atoms with E-state index in [1.807, 2.05) is 56.3 Å².